The molecular formula is C21H24FN3O4S. The van der Waals surface area contributed by atoms with Crippen molar-refractivity contribution < 1.29 is 22.3 Å². The highest BCUT2D eigenvalue weighted by molar-refractivity contribution is 7.89. The molecule has 30 heavy (non-hydrogen) atoms. The molecule has 0 aliphatic carbocycles. The summed E-state index contributed by atoms with van der Waals surface area (Å²) in [6, 6.07) is 10.3. The van der Waals surface area contributed by atoms with Crippen LogP contribution in [-0.4, -0.2) is 56.1 Å². The molecule has 2 aromatic carbocycles. The van der Waals surface area contributed by atoms with Gasteiger partial charge in [-0.05, 0) is 42.0 Å². The number of rotatable bonds is 7. The van der Waals surface area contributed by atoms with Crippen molar-refractivity contribution in [1.29, 1.82) is 0 Å². The zero-order valence-corrected chi connectivity index (χ0v) is 17.9. The Kier molecular flexibility index (Phi) is 6.52. The number of carbonyl (C=O) groups is 1. The second-order valence-electron chi connectivity index (χ2n) is 6.69. The number of carbonyl (C=O) groups excluding carboxylic acids is 1. The van der Waals surface area contributed by atoms with Gasteiger partial charge in [0.1, 0.15) is 16.5 Å². The SMILES string of the molecule is CCN(CC)S(=O)(=O)c1cc(C2=NN(C(=O)c3cccc(F)c3)CC2)ccc1OC. The molecule has 0 unspecified atom stereocenters. The van der Waals surface area contributed by atoms with Gasteiger partial charge in [0.05, 0.1) is 19.4 Å². The zero-order chi connectivity index (χ0) is 21.9. The summed E-state index contributed by atoms with van der Waals surface area (Å²) in [4.78, 5) is 12.7. The first kappa shape index (κ1) is 21.9. The fourth-order valence-electron chi connectivity index (χ4n) is 3.34. The molecule has 0 atom stereocenters. The fraction of sp³-hybridized carbons (Fsp3) is 0.333. The van der Waals surface area contributed by atoms with Crippen LogP contribution in [0.3, 0.4) is 0 Å². The lowest BCUT2D eigenvalue weighted by atomic mass is 10.1. The summed E-state index contributed by atoms with van der Waals surface area (Å²) in [7, 11) is -2.32. The van der Waals surface area contributed by atoms with Crippen molar-refractivity contribution in [3.8, 4) is 5.75 Å². The van der Waals surface area contributed by atoms with Crippen LogP contribution in [0.4, 0.5) is 4.39 Å². The summed E-state index contributed by atoms with van der Waals surface area (Å²) >= 11 is 0. The fourth-order valence-corrected chi connectivity index (χ4v) is 4.98. The maximum Gasteiger partial charge on any atom is 0.274 e. The van der Waals surface area contributed by atoms with Crippen molar-refractivity contribution in [2.75, 3.05) is 26.7 Å². The Hall–Kier alpha value is -2.78. The monoisotopic (exact) mass is 433 g/mol. The van der Waals surface area contributed by atoms with Crippen LogP contribution in [0.2, 0.25) is 0 Å². The van der Waals surface area contributed by atoms with Crippen LogP contribution >= 0.6 is 0 Å². The summed E-state index contributed by atoms with van der Waals surface area (Å²) in [5.74, 6) is -0.656. The molecule has 1 heterocycles. The van der Waals surface area contributed by atoms with Gasteiger partial charge < -0.3 is 4.74 Å². The van der Waals surface area contributed by atoms with Crippen LogP contribution < -0.4 is 4.74 Å². The molecule has 1 aliphatic rings. The van der Waals surface area contributed by atoms with E-state index >= 15 is 0 Å². The Bertz CT molecular complexity index is 1080. The Balaban J connectivity index is 1.95. The molecule has 0 radical (unpaired) electrons. The quantitative estimate of drug-likeness (QED) is 0.672. The molecule has 0 saturated heterocycles. The summed E-state index contributed by atoms with van der Waals surface area (Å²) in [6.07, 6.45) is 0.456. The Morgan fingerprint density at radius 2 is 1.93 bits per heavy atom. The van der Waals surface area contributed by atoms with Gasteiger partial charge in [0, 0.05) is 25.1 Å². The van der Waals surface area contributed by atoms with E-state index in [0.717, 1.165) is 6.07 Å². The molecule has 1 amide bonds. The number of methoxy groups -OCH3 is 1. The number of nitrogens with zero attached hydrogens (tertiary/aromatic N) is 3. The Morgan fingerprint density at radius 3 is 2.57 bits per heavy atom. The van der Waals surface area contributed by atoms with Crippen LogP contribution in [0.5, 0.6) is 5.75 Å². The average molecular weight is 434 g/mol. The van der Waals surface area contributed by atoms with Crippen molar-refractivity contribution in [3.63, 3.8) is 0 Å². The molecule has 7 nitrogen and oxygen atoms in total. The second-order valence-corrected chi connectivity index (χ2v) is 8.60. The minimum Gasteiger partial charge on any atom is -0.495 e. The number of hydrazone groups is 1. The minimum atomic E-state index is -3.74. The molecule has 0 fully saturated rings. The van der Waals surface area contributed by atoms with Crippen LogP contribution in [0.15, 0.2) is 52.5 Å². The number of halogens is 1. The molecule has 0 saturated carbocycles. The smallest absolute Gasteiger partial charge is 0.274 e. The molecule has 0 N–H and O–H groups in total. The van der Waals surface area contributed by atoms with E-state index in [1.807, 2.05) is 0 Å². The van der Waals surface area contributed by atoms with Gasteiger partial charge in [-0.15, -0.1) is 0 Å². The summed E-state index contributed by atoms with van der Waals surface area (Å²) in [5.41, 5.74) is 1.38. The van der Waals surface area contributed by atoms with E-state index in [0.29, 0.717) is 37.3 Å². The molecule has 0 aromatic heterocycles. The van der Waals surface area contributed by atoms with Crippen molar-refractivity contribution in [2.45, 2.75) is 25.2 Å². The van der Waals surface area contributed by atoms with Crippen LogP contribution in [0, 0.1) is 5.82 Å². The predicted molar refractivity (Wildman–Crippen MR) is 112 cm³/mol. The largest absolute Gasteiger partial charge is 0.495 e. The highest BCUT2D eigenvalue weighted by Gasteiger charge is 2.28. The van der Waals surface area contributed by atoms with Gasteiger partial charge in [-0.1, -0.05) is 19.9 Å². The molecule has 9 heteroatoms. The summed E-state index contributed by atoms with van der Waals surface area (Å²) in [6.45, 7) is 4.55. The van der Waals surface area contributed by atoms with Crippen LogP contribution in [-0.2, 0) is 10.0 Å². The van der Waals surface area contributed by atoms with E-state index in [4.69, 9.17) is 4.74 Å². The van der Waals surface area contributed by atoms with Crippen molar-refractivity contribution in [3.05, 3.63) is 59.4 Å². The number of hydrogen-bond donors (Lipinski definition) is 0. The number of hydrogen-bond acceptors (Lipinski definition) is 5. The molecule has 1 aliphatic heterocycles. The molecule has 0 spiro atoms. The number of sulfonamides is 1. The standard InChI is InChI=1S/C21H24FN3O4S/c1-4-24(5-2)30(27,28)20-14-15(9-10-19(20)29-3)18-11-12-25(23-18)21(26)16-7-6-8-17(22)13-16/h6-10,13-14H,4-5,11-12H2,1-3H3. The lowest BCUT2D eigenvalue weighted by molar-refractivity contribution is 0.0778. The predicted octanol–water partition coefficient (Wildman–Crippen LogP) is 3.12. The van der Waals surface area contributed by atoms with Gasteiger partial charge in [-0.2, -0.15) is 9.41 Å². The number of amides is 1. The molecule has 3 rings (SSSR count). The normalized spacial score (nSPS) is 14.2. The van der Waals surface area contributed by atoms with E-state index in [2.05, 4.69) is 5.10 Å². The van der Waals surface area contributed by atoms with E-state index < -0.39 is 21.7 Å². The Morgan fingerprint density at radius 1 is 1.20 bits per heavy atom. The van der Waals surface area contributed by atoms with Gasteiger partial charge in [0.25, 0.3) is 5.91 Å². The molecular weight excluding hydrogens is 409 g/mol. The maximum absolute atomic E-state index is 13.4. The topological polar surface area (TPSA) is 79.3 Å². The number of benzene rings is 2. The van der Waals surface area contributed by atoms with E-state index in [-0.39, 0.29) is 16.2 Å². The van der Waals surface area contributed by atoms with Gasteiger partial charge in [-0.25, -0.2) is 17.8 Å². The van der Waals surface area contributed by atoms with Gasteiger partial charge >= 0.3 is 0 Å². The summed E-state index contributed by atoms with van der Waals surface area (Å²) < 4.78 is 46.1. The van der Waals surface area contributed by atoms with Crippen molar-refractivity contribution in [1.82, 2.24) is 9.31 Å². The zero-order valence-electron chi connectivity index (χ0n) is 17.1. The minimum absolute atomic E-state index is 0.0591. The first-order valence-corrected chi connectivity index (χ1v) is 11.1. The maximum atomic E-state index is 13.4. The third kappa shape index (κ3) is 4.22. The van der Waals surface area contributed by atoms with Crippen LogP contribution in [0.1, 0.15) is 36.2 Å². The molecule has 0 bridgehead atoms. The highest BCUT2D eigenvalue weighted by atomic mass is 32.2. The lowest BCUT2D eigenvalue weighted by Crippen LogP contribution is -2.31. The molecule has 160 valence electrons. The third-order valence-electron chi connectivity index (χ3n) is 4.93. The van der Waals surface area contributed by atoms with Gasteiger partial charge in [-0.3, -0.25) is 4.79 Å². The second kappa shape index (κ2) is 8.93. The van der Waals surface area contributed by atoms with Crippen molar-refractivity contribution >= 4 is 21.6 Å². The Labute approximate surface area is 175 Å². The summed E-state index contributed by atoms with van der Waals surface area (Å²) in [5, 5.41) is 5.63. The first-order chi connectivity index (χ1) is 14.3. The lowest BCUT2D eigenvalue weighted by Gasteiger charge is -2.20. The third-order valence-corrected chi connectivity index (χ3v) is 7.00. The van der Waals surface area contributed by atoms with E-state index in [9.17, 15) is 17.6 Å². The molecule has 2 aromatic rings. The number of ether oxygens (including phenoxy) is 1. The van der Waals surface area contributed by atoms with Crippen LogP contribution in [0.25, 0.3) is 0 Å². The first-order valence-electron chi connectivity index (χ1n) is 9.65. The van der Waals surface area contributed by atoms with Crippen molar-refractivity contribution in [2.24, 2.45) is 5.10 Å². The van der Waals surface area contributed by atoms with E-state index in [1.54, 1.807) is 26.0 Å². The van der Waals surface area contributed by atoms with Gasteiger partial charge in [0.2, 0.25) is 10.0 Å². The van der Waals surface area contributed by atoms with Gasteiger partial charge in [0.15, 0.2) is 0 Å². The average Bonchev–Trinajstić information content (AvgIpc) is 3.23. The van der Waals surface area contributed by atoms with E-state index in [1.165, 1.54) is 40.7 Å². The highest BCUT2D eigenvalue weighted by Crippen LogP contribution is 2.29.